The number of nitrogens with one attached hydrogen (secondary N) is 1. The predicted octanol–water partition coefficient (Wildman–Crippen LogP) is 3.98. The van der Waals surface area contributed by atoms with E-state index in [1.54, 1.807) is 19.2 Å². The van der Waals surface area contributed by atoms with Crippen molar-refractivity contribution in [1.29, 1.82) is 0 Å². The molecule has 0 bridgehead atoms. The van der Waals surface area contributed by atoms with E-state index in [1.165, 1.54) is 12.5 Å². The first-order chi connectivity index (χ1) is 9.56. The molecule has 1 aliphatic carbocycles. The number of anilines is 1. The molecule has 1 fully saturated rings. The van der Waals surface area contributed by atoms with Crippen LogP contribution in [0.5, 0.6) is 0 Å². The number of halogens is 1. The van der Waals surface area contributed by atoms with E-state index in [0.29, 0.717) is 5.69 Å². The van der Waals surface area contributed by atoms with Crippen molar-refractivity contribution in [2.45, 2.75) is 25.7 Å². The van der Waals surface area contributed by atoms with Gasteiger partial charge in [0.25, 0.3) is 5.69 Å². The molecule has 6 heteroatoms. The highest BCUT2D eigenvalue weighted by molar-refractivity contribution is 9.10. The maximum atomic E-state index is 11.0. The number of benzene rings is 1. The lowest BCUT2D eigenvalue weighted by atomic mass is 9.66. The lowest BCUT2D eigenvalue weighted by molar-refractivity contribution is -0.384. The monoisotopic (exact) mass is 342 g/mol. The Morgan fingerprint density at radius 3 is 2.80 bits per heavy atom. The fourth-order valence-electron chi connectivity index (χ4n) is 2.60. The fraction of sp³-hybridized carbons (Fsp3) is 0.571. The molecule has 0 amide bonds. The molecule has 1 aromatic rings. The van der Waals surface area contributed by atoms with Crippen LogP contribution < -0.4 is 5.32 Å². The molecule has 0 aromatic heterocycles. The normalized spacial score (nSPS) is 16.5. The van der Waals surface area contributed by atoms with Crippen molar-refractivity contribution in [2.24, 2.45) is 5.41 Å². The number of nitro groups is 1. The van der Waals surface area contributed by atoms with Crippen LogP contribution in [0.2, 0.25) is 0 Å². The first kappa shape index (κ1) is 15.3. The van der Waals surface area contributed by atoms with Crippen LogP contribution in [0.1, 0.15) is 25.7 Å². The summed E-state index contributed by atoms with van der Waals surface area (Å²) in [7, 11) is 1.71. The minimum atomic E-state index is -0.350. The van der Waals surface area contributed by atoms with Crippen molar-refractivity contribution < 1.29 is 9.66 Å². The molecular weight excluding hydrogens is 324 g/mol. The van der Waals surface area contributed by atoms with Gasteiger partial charge in [0, 0.05) is 30.8 Å². The van der Waals surface area contributed by atoms with E-state index in [0.717, 1.165) is 36.9 Å². The number of methoxy groups -OCH3 is 1. The third kappa shape index (κ3) is 3.49. The molecule has 0 aliphatic heterocycles. The summed E-state index contributed by atoms with van der Waals surface area (Å²) < 4.78 is 6.00. The minimum Gasteiger partial charge on any atom is -0.385 e. The summed E-state index contributed by atoms with van der Waals surface area (Å²) in [6, 6.07) is 4.98. The van der Waals surface area contributed by atoms with Gasteiger partial charge >= 0.3 is 0 Å². The highest BCUT2D eigenvalue weighted by Crippen LogP contribution is 2.44. The van der Waals surface area contributed by atoms with Crippen LogP contribution in [0.4, 0.5) is 11.4 Å². The lowest BCUT2D eigenvalue weighted by Crippen LogP contribution is -2.37. The molecule has 0 radical (unpaired) electrons. The molecule has 20 heavy (non-hydrogen) atoms. The van der Waals surface area contributed by atoms with Gasteiger partial charge in [-0.15, -0.1) is 0 Å². The Hall–Kier alpha value is -1.14. The van der Waals surface area contributed by atoms with Gasteiger partial charge in [0.2, 0.25) is 0 Å². The van der Waals surface area contributed by atoms with Gasteiger partial charge in [-0.1, -0.05) is 22.4 Å². The van der Waals surface area contributed by atoms with Gasteiger partial charge in [0.1, 0.15) is 5.69 Å². The molecule has 2 rings (SSSR count). The van der Waals surface area contributed by atoms with E-state index < -0.39 is 0 Å². The van der Waals surface area contributed by atoms with E-state index in [4.69, 9.17) is 4.74 Å². The Bertz CT molecular complexity index is 489. The summed E-state index contributed by atoms with van der Waals surface area (Å²) in [4.78, 5) is 10.7. The van der Waals surface area contributed by atoms with Crippen molar-refractivity contribution in [3.05, 3.63) is 32.8 Å². The van der Waals surface area contributed by atoms with Crippen molar-refractivity contribution in [2.75, 3.05) is 25.6 Å². The van der Waals surface area contributed by atoms with E-state index in [-0.39, 0.29) is 16.0 Å². The van der Waals surface area contributed by atoms with Gasteiger partial charge < -0.3 is 10.1 Å². The van der Waals surface area contributed by atoms with Gasteiger partial charge in [-0.3, -0.25) is 10.1 Å². The van der Waals surface area contributed by atoms with Gasteiger partial charge in [-0.25, -0.2) is 0 Å². The zero-order chi connectivity index (χ0) is 14.6. The zero-order valence-corrected chi connectivity index (χ0v) is 13.1. The molecule has 0 heterocycles. The van der Waals surface area contributed by atoms with Crippen molar-refractivity contribution >= 4 is 27.3 Å². The topological polar surface area (TPSA) is 64.4 Å². The lowest BCUT2D eigenvalue weighted by Gasteiger charge is -2.42. The van der Waals surface area contributed by atoms with E-state index >= 15 is 0 Å². The maximum absolute atomic E-state index is 11.0. The number of hydrogen-bond acceptors (Lipinski definition) is 4. The second kappa shape index (κ2) is 6.54. The third-order valence-electron chi connectivity index (χ3n) is 4.06. The van der Waals surface area contributed by atoms with Gasteiger partial charge in [0.05, 0.1) is 4.92 Å². The second-order valence-electron chi connectivity index (χ2n) is 5.37. The number of rotatable bonds is 7. The molecule has 0 atom stereocenters. The first-order valence-electron chi connectivity index (χ1n) is 6.73. The summed E-state index contributed by atoms with van der Waals surface area (Å²) in [5.74, 6) is 0. The molecular formula is C14H19BrN2O3. The van der Waals surface area contributed by atoms with Crippen LogP contribution in [0, 0.1) is 15.5 Å². The van der Waals surface area contributed by atoms with Crippen LogP contribution in [0.25, 0.3) is 0 Å². The molecule has 110 valence electrons. The third-order valence-corrected chi connectivity index (χ3v) is 4.55. The average molecular weight is 343 g/mol. The molecule has 5 nitrogen and oxygen atoms in total. The van der Waals surface area contributed by atoms with Crippen molar-refractivity contribution in [1.82, 2.24) is 0 Å². The summed E-state index contributed by atoms with van der Waals surface area (Å²) in [5, 5.41) is 14.3. The highest BCUT2D eigenvalue weighted by atomic mass is 79.9. The second-order valence-corrected chi connectivity index (χ2v) is 6.28. The van der Waals surface area contributed by atoms with Crippen LogP contribution in [-0.4, -0.2) is 25.2 Å². The molecule has 0 unspecified atom stereocenters. The molecule has 1 saturated carbocycles. The molecule has 1 N–H and O–H groups in total. The number of hydrogen-bond donors (Lipinski definition) is 1. The average Bonchev–Trinajstić information content (AvgIpc) is 2.37. The van der Waals surface area contributed by atoms with Crippen LogP contribution in [-0.2, 0) is 4.74 Å². The fourth-order valence-corrected chi connectivity index (χ4v) is 2.96. The van der Waals surface area contributed by atoms with Gasteiger partial charge in [-0.2, -0.15) is 0 Å². The summed E-state index contributed by atoms with van der Waals surface area (Å²) >= 11 is 3.36. The van der Waals surface area contributed by atoms with E-state index in [1.807, 2.05) is 0 Å². The Morgan fingerprint density at radius 1 is 1.50 bits per heavy atom. The number of nitrogens with zero attached hydrogens (tertiary/aromatic N) is 1. The van der Waals surface area contributed by atoms with Crippen LogP contribution in [0.3, 0.4) is 0 Å². The largest absolute Gasteiger partial charge is 0.385 e. The summed E-state index contributed by atoms with van der Waals surface area (Å²) in [5.41, 5.74) is 0.925. The quantitative estimate of drug-likeness (QED) is 0.601. The predicted molar refractivity (Wildman–Crippen MR) is 82.1 cm³/mol. The standard InChI is InChI=1S/C14H19BrN2O3/c1-20-8-7-14(5-2-6-14)10-16-12-9-11(15)3-4-13(12)17(18)19/h3-4,9,16H,2,5-8,10H2,1H3. The van der Waals surface area contributed by atoms with E-state index in [2.05, 4.69) is 21.2 Å². The Labute approximate surface area is 127 Å². The Kier molecular flexibility index (Phi) is 4.99. The number of nitro benzene ring substituents is 1. The minimum absolute atomic E-state index is 0.120. The molecule has 0 spiro atoms. The molecule has 1 aromatic carbocycles. The maximum Gasteiger partial charge on any atom is 0.292 e. The van der Waals surface area contributed by atoms with Gasteiger partial charge in [0.15, 0.2) is 0 Å². The van der Waals surface area contributed by atoms with E-state index in [9.17, 15) is 10.1 Å². The number of ether oxygens (including phenoxy) is 1. The summed E-state index contributed by atoms with van der Waals surface area (Å²) in [6.45, 7) is 1.50. The van der Waals surface area contributed by atoms with Crippen molar-refractivity contribution in [3.63, 3.8) is 0 Å². The van der Waals surface area contributed by atoms with Crippen molar-refractivity contribution in [3.8, 4) is 0 Å². The molecule has 1 aliphatic rings. The zero-order valence-electron chi connectivity index (χ0n) is 11.5. The first-order valence-corrected chi connectivity index (χ1v) is 7.52. The smallest absolute Gasteiger partial charge is 0.292 e. The van der Waals surface area contributed by atoms with Crippen LogP contribution in [0.15, 0.2) is 22.7 Å². The molecule has 0 saturated heterocycles. The van der Waals surface area contributed by atoms with Crippen LogP contribution >= 0.6 is 15.9 Å². The Morgan fingerprint density at radius 2 is 2.25 bits per heavy atom. The Balaban J connectivity index is 2.06. The highest BCUT2D eigenvalue weighted by Gasteiger charge is 2.36. The summed E-state index contributed by atoms with van der Waals surface area (Å²) in [6.07, 6.45) is 4.54. The SMILES string of the molecule is COCCC1(CNc2cc(Br)ccc2[N+](=O)[O-])CCC1. The van der Waals surface area contributed by atoms with Gasteiger partial charge in [-0.05, 0) is 36.8 Å².